The number of likely N-dealkylation sites (N-methyl/N-ethyl adjacent to an activating group) is 1. The fraction of sp³-hybridized carbons (Fsp3) is 0.615. The molecule has 2 N–H and O–H groups in total. The van der Waals surface area contributed by atoms with Gasteiger partial charge < -0.3 is 20.3 Å². The first-order valence-corrected chi connectivity index (χ1v) is 7.52. The minimum absolute atomic E-state index is 0.0263. The number of carbonyl (C=O) groups excluding carboxylic acids is 2. The molecule has 0 radical (unpaired) electrons. The summed E-state index contributed by atoms with van der Waals surface area (Å²) in [5.74, 6) is -0.146. The summed E-state index contributed by atoms with van der Waals surface area (Å²) in [5, 5.41) is 0.470. The van der Waals surface area contributed by atoms with Crippen molar-refractivity contribution < 1.29 is 14.3 Å². The smallest absolute Gasteiger partial charge is 0.253 e. The zero-order chi connectivity index (χ0) is 15.6. The number of aromatic nitrogens is 1. The Hall–Kier alpha value is -1.67. The first-order valence-electron chi connectivity index (χ1n) is 6.70. The number of aryl methyl sites for hydroxylation is 1. The molecule has 8 heteroatoms. The number of nitrogen functional groups attached to an aromatic ring is 1. The molecule has 1 aromatic rings. The van der Waals surface area contributed by atoms with Crippen LogP contribution in [-0.4, -0.2) is 66.5 Å². The summed E-state index contributed by atoms with van der Waals surface area (Å²) < 4.78 is 5.44. The van der Waals surface area contributed by atoms with Crippen LogP contribution in [0.4, 0.5) is 5.13 Å². The molecule has 2 rings (SSSR count). The number of hydrogen-bond donors (Lipinski definition) is 1. The molecule has 2 heterocycles. The molecule has 1 aliphatic rings. The van der Waals surface area contributed by atoms with Crippen molar-refractivity contribution in [3.63, 3.8) is 0 Å². The van der Waals surface area contributed by atoms with Gasteiger partial charge >= 0.3 is 0 Å². The predicted octanol–water partition coefficient (Wildman–Crippen LogP) is -0.108. The molecule has 116 valence electrons. The quantitative estimate of drug-likeness (QED) is 0.841. The second-order valence-corrected chi connectivity index (χ2v) is 6.28. The van der Waals surface area contributed by atoms with E-state index < -0.39 is 6.10 Å². The molecule has 21 heavy (non-hydrogen) atoms. The highest BCUT2D eigenvalue weighted by Crippen LogP contribution is 2.21. The van der Waals surface area contributed by atoms with Crippen LogP contribution in [0.3, 0.4) is 0 Å². The molecule has 1 aliphatic heterocycles. The number of nitrogens with zero attached hydrogens (tertiary/aromatic N) is 3. The van der Waals surface area contributed by atoms with Crippen molar-refractivity contribution in [2.75, 3.05) is 39.5 Å². The molecule has 0 bridgehead atoms. The van der Waals surface area contributed by atoms with Gasteiger partial charge in [-0.15, -0.1) is 11.3 Å². The van der Waals surface area contributed by atoms with E-state index in [1.165, 1.54) is 16.2 Å². The van der Waals surface area contributed by atoms with Crippen LogP contribution in [0.25, 0.3) is 0 Å². The van der Waals surface area contributed by atoms with Gasteiger partial charge in [0.1, 0.15) is 0 Å². The lowest BCUT2D eigenvalue weighted by Gasteiger charge is -2.33. The minimum Gasteiger partial charge on any atom is -0.375 e. The van der Waals surface area contributed by atoms with Crippen LogP contribution in [0, 0.1) is 6.92 Å². The topological polar surface area (TPSA) is 88.8 Å². The molecule has 7 nitrogen and oxygen atoms in total. The molecule has 1 fully saturated rings. The van der Waals surface area contributed by atoms with Crippen LogP contribution >= 0.6 is 11.3 Å². The van der Waals surface area contributed by atoms with E-state index in [1.54, 1.807) is 19.0 Å². The van der Waals surface area contributed by atoms with Crippen LogP contribution in [0.1, 0.15) is 10.6 Å². The summed E-state index contributed by atoms with van der Waals surface area (Å²) in [6.07, 6.45) is -0.311. The Morgan fingerprint density at radius 2 is 2.24 bits per heavy atom. The molecule has 1 atom stereocenters. The van der Waals surface area contributed by atoms with Crippen LogP contribution in [0.5, 0.6) is 0 Å². The largest absolute Gasteiger partial charge is 0.375 e. The predicted molar refractivity (Wildman–Crippen MR) is 80.0 cm³/mol. The maximum Gasteiger partial charge on any atom is 0.253 e. The molecule has 1 saturated heterocycles. The maximum absolute atomic E-state index is 12.4. The second-order valence-electron chi connectivity index (χ2n) is 5.17. The van der Waals surface area contributed by atoms with E-state index in [4.69, 9.17) is 10.5 Å². The van der Waals surface area contributed by atoms with Crippen molar-refractivity contribution in [3.8, 4) is 0 Å². The van der Waals surface area contributed by atoms with Gasteiger partial charge in [0.05, 0.1) is 25.3 Å². The van der Waals surface area contributed by atoms with Gasteiger partial charge in [-0.1, -0.05) is 0 Å². The number of thiazole rings is 1. The van der Waals surface area contributed by atoms with E-state index in [9.17, 15) is 9.59 Å². The number of rotatable bonds is 3. The minimum atomic E-state index is -0.578. The molecular formula is C13H20N4O3S. The van der Waals surface area contributed by atoms with Gasteiger partial charge in [0, 0.05) is 25.5 Å². The maximum atomic E-state index is 12.4. The fourth-order valence-electron chi connectivity index (χ4n) is 2.18. The first kappa shape index (κ1) is 15.7. The Balaban J connectivity index is 1.99. The molecular weight excluding hydrogens is 292 g/mol. The summed E-state index contributed by atoms with van der Waals surface area (Å²) in [4.78, 5) is 32.4. The Bertz CT molecular complexity index is 544. The van der Waals surface area contributed by atoms with Crippen LogP contribution in [0.15, 0.2) is 0 Å². The third-order valence-corrected chi connectivity index (χ3v) is 4.34. The number of morpholine rings is 1. The van der Waals surface area contributed by atoms with E-state index in [1.807, 2.05) is 6.92 Å². The Kier molecular flexibility index (Phi) is 4.79. The SMILES string of the molecule is Cc1nc(N)sc1CC(=O)N1CCOC(C(=O)N(C)C)C1. The average Bonchev–Trinajstić information content (AvgIpc) is 2.76. The highest BCUT2D eigenvalue weighted by molar-refractivity contribution is 7.15. The molecule has 0 aliphatic carbocycles. The summed E-state index contributed by atoms with van der Waals surface area (Å²) >= 11 is 1.33. The van der Waals surface area contributed by atoms with E-state index in [-0.39, 0.29) is 18.2 Å². The van der Waals surface area contributed by atoms with E-state index in [0.717, 1.165) is 10.6 Å². The normalized spacial score (nSPS) is 18.6. The number of hydrogen-bond acceptors (Lipinski definition) is 6. The summed E-state index contributed by atoms with van der Waals surface area (Å²) in [6.45, 7) is 3.01. The monoisotopic (exact) mass is 312 g/mol. The van der Waals surface area contributed by atoms with Gasteiger partial charge in [0.15, 0.2) is 11.2 Å². The van der Waals surface area contributed by atoms with Gasteiger partial charge in [-0.25, -0.2) is 4.98 Å². The second kappa shape index (κ2) is 6.40. The van der Waals surface area contributed by atoms with Crippen LogP contribution < -0.4 is 5.73 Å². The van der Waals surface area contributed by atoms with Gasteiger partial charge in [0.25, 0.3) is 5.91 Å². The summed E-state index contributed by atoms with van der Waals surface area (Å²) in [6, 6.07) is 0. The van der Waals surface area contributed by atoms with Crippen molar-refractivity contribution in [2.24, 2.45) is 0 Å². The lowest BCUT2D eigenvalue weighted by atomic mass is 10.2. The number of anilines is 1. The lowest BCUT2D eigenvalue weighted by molar-refractivity contribution is -0.152. The van der Waals surface area contributed by atoms with Crippen molar-refractivity contribution in [1.29, 1.82) is 0 Å². The Morgan fingerprint density at radius 1 is 1.52 bits per heavy atom. The highest BCUT2D eigenvalue weighted by Gasteiger charge is 2.30. The molecule has 1 unspecified atom stereocenters. The zero-order valence-electron chi connectivity index (χ0n) is 12.5. The lowest BCUT2D eigenvalue weighted by Crippen LogP contribution is -2.51. The van der Waals surface area contributed by atoms with Crippen molar-refractivity contribution in [2.45, 2.75) is 19.4 Å². The third kappa shape index (κ3) is 3.70. The Labute approximate surface area is 127 Å². The highest BCUT2D eigenvalue weighted by atomic mass is 32.1. The average molecular weight is 312 g/mol. The number of amides is 2. The number of nitrogens with two attached hydrogens (primary N) is 1. The number of carbonyl (C=O) groups is 2. The zero-order valence-corrected chi connectivity index (χ0v) is 13.3. The molecule has 2 amide bonds. The van der Waals surface area contributed by atoms with Gasteiger partial charge in [0.2, 0.25) is 5.91 Å². The fourth-order valence-corrected chi connectivity index (χ4v) is 3.00. The number of ether oxygens (including phenoxy) is 1. The Morgan fingerprint density at radius 3 is 2.81 bits per heavy atom. The van der Waals surface area contributed by atoms with E-state index in [2.05, 4.69) is 4.98 Å². The van der Waals surface area contributed by atoms with Crippen molar-refractivity contribution in [3.05, 3.63) is 10.6 Å². The van der Waals surface area contributed by atoms with Crippen molar-refractivity contribution in [1.82, 2.24) is 14.8 Å². The van der Waals surface area contributed by atoms with Crippen molar-refractivity contribution >= 4 is 28.3 Å². The summed E-state index contributed by atoms with van der Waals surface area (Å²) in [7, 11) is 3.35. The molecule has 1 aromatic heterocycles. The van der Waals surface area contributed by atoms with Crippen LogP contribution in [-0.2, 0) is 20.7 Å². The van der Waals surface area contributed by atoms with Gasteiger partial charge in [-0.3, -0.25) is 9.59 Å². The van der Waals surface area contributed by atoms with Crippen LogP contribution in [0.2, 0.25) is 0 Å². The molecule has 0 saturated carbocycles. The standard InChI is InChI=1S/C13H20N4O3S/c1-8-10(21-13(14)15-8)6-11(18)17-4-5-20-9(7-17)12(19)16(2)3/h9H,4-7H2,1-3H3,(H2,14,15). The van der Waals surface area contributed by atoms with E-state index in [0.29, 0.717) is 24.8 Å². The van der Waals surface area contributed by atoms with Gasteiger partial charge in [-0.2, -0.15) is 0 Å². The molecule has 0 aromatic carbocycles. The first-order chi connectivity index (χ1) is 9.88. The summed E-state index contributed by atoms with van der Waals surface area (Å²) in [5.41, 5.74) is 6.43. The molecule has 0 spiro atoms. The third-order valence-electron chi connectivity index (χ3n) is 3.36. The van der Waals surface area contributed by atoms with E-state index >= 15 is 0 Å². The van der Waals surface area contributed by atoms with Gasteiger partial charge in [-0.05, 0) is 6.92 Å².